The first kappa shape index (κ1) is 7.92. The van der Waals surface area contributed by atoms with Crippen LogP contribution in [0.2, 0.25) is 0 Å². The number of hydrogen-bond acceptors (Lipinski definition) is 1. The van der Waals surface area contributed by atoms with Gasteiger partial charge in [0, 0.05) is 12.5 Å². The Morgan fingerprint density at radius 2 is 2.30 bits per heavy atom. The molecule has 1 aliphatic rings. The van der Waals surface area contributed by atoms with Crippen LogP contribution in [0.4, 0.5) is 8.78 Å². The molecule has 1 fully saturated rings. The van der Waals surface area contributed by atoms with E-state index in [0.29, 0.717) is 19.4 Å². The highest BCUT2D eigenvalue weighted by atomic mass is 19.3. The molecule has 1 heterocycles. The summed E-state index contributed by atoms with van der Waals surface area (Å²) in [6, 6.07) is 0. The highest BCUT2D eigenvalue weighted by Gasteiger charge is 2.40. The van der Waals surface area contributed by atoms with E-state index in [9.17, 15) is 8.78 Å². The molecule has 3 heteroatoms. The van der Waals surface area contributed by atoms with Gasteiger partial charge in [-0.2, -0.15) is 0 Å². The van der Waals surface area contributed by atoms with Crippen molar-refractivity contribution in [3.8, 4) is 0 Å². The highest BCUT2D eigenvalue weighted by Crippen LogP contribution is 2.33. The molecule has 0 radical (unpaired) electrons. The van der Waals surface area contributed by atoms with Gasteiger partial charge in [-0.3, -0.25) is 0 Å². The third-order valence-electron chi connectivity index (χ3n) is 2.00. The maximum Gasteiger partial charge on any atom is 0.273 e. The van der Waals surface area contributed by atoms with Gasteiger partial charge in [0.05, 0.1) is 0 Å². The first-order valence-electron chi connectivity index (χ1n) is 3.62. The monoisotopic (exact) mass is 150 g/mol. The highest BCUT2D eigenvalue weighted by molar-refractivity contribution is 4.78. The zero-order valence-corrected chi connectivity index (χ0v) is 6.07. The zero-order chi connectivity index (χ0) is 7.61. The molecule has 0 aromatic carbocycles. The van der Waals surface area contributed by atoms with Crippen molar-refractivity contribution in [2.75, 3.05) is 13.2 Å². The molecule has 60 valence electrons. The van der Waals surface area contributed by atoms with Crippen molar-refractivity contribution in [3.63, 3.8) is 0 Å². The van der Waals surface area contributed by atoms with E-state index in [1.165, 1.54) is 0 Å². The fourth-order valence-corrected chi connectivity index (χ4v) is 1.27. The second kappa shape index (κ2) is 2.82. The summed E-state index contributed by atoms with van der Waals surface area (Å²) >= 11 is 0. The normalized spacial score (nSPS) is 32.1. The lowest BCUT2D eigenvalue weighted by molar-refractivity contribution is -0.154. The lowest BCUT2D eigenvalue weighted by atomic mass is 9.94. The van der Waals surface area contributed by atoms with Crippen molar-refractivity contribution in [1.29, 1.82) is 0 Å². The summed E-state index contributed by atoms with van der Waals surface area (Å²) in [5, 5.41) is 0. The fourth-order valence-electron chi connectivity index (χ4n) is 1.27. The summed E-state index contributed by atoms with van der Waals surface area (Å²) in [6.45, 7) is 1.91. The topological polar surface area (TPSA) is 9.23 Å². The Labute approximate surface area is 59.4 Å². The van der Waals surface area contributed by atoms with E-state index in [1.807, 2.05) is 0 Å². The van der Waals surface area contributed by atoms with Crippen molar-refractivity contribution >= 4 is 0 Å². The minimum absolute atomic E-state index is 0.383. The molecule has 10 heavy (non-hydrogen) atoms. The summed E-state index contributed by atoms with van der Waals surface area (Å²) in [5.74, 6) is -3.03. The minimum atomic E-state index is -2.58. The summed E-state index contributed by atoms with van der Waals surface area (Å²) < 4.78 is 30.2. The average Bonchev–Trinajstić information content (AvgIpc) is 1.87. The first-order chi connectivity index (χ1) is 4.67. The van der Waals surface area contributed by atoms with Crippen LogP contribution in [0.3, 0.4) is 0 Å². The Morgan fingerprint density at radius 3 is 2.70 bits per heavy atom. The van der Waals surface area contributed by atoms with E-state index < -0.39 is 11.8 Å². The van der Waals surface area contributed by atoms with Crippen LogP contribution in [-0.4, -0.2) is 19.1 Å². The van der Waals surface area contributed by atoms with Crippen LogP contribution in [0.25, 0.3) is 0 Å². The average molecular weight is 150 g/mol. The molecule has 1 aliphatic heterocycles. The molecule has 1 saturated heterocycles. The number of alkyl halides is 2. The zero-order valence-electron chi connectivity index (χ0n) is 6.07. The standard InChI is InChI=1S/C7H12F2O/c1-2-6-3-4-10-5-7(6,8)9/h6H,2-5H2,1H3/t6-/m1/s1. The van der Waals surface area contributed by atoms with Crippen LogP contribution in [0, 0.1) is 5.92 Å². The second-order valence-corrected chi connectivity index (χ2v) is 2.71. The van der Waals surface area contributed by atoms with E-state index >= 15 is 0 Å². The van der Waals surface area contributed by atoms with Gasteiger partial charge in [0.2, 0.25) is 0 Å². The maximum atomic E-state index is 12.7. The van der Waals surface area contributed by atoms with Gasteiger partial charge in [-0.1, -0.05) is 6.92 Å². The minimum Gasteiger partial charge on any atom is -0.375 e. The van der Waals surface area contributed by atoms with Crippen molar-refractivity contribution in [1.82, 2.24) is 0 Å². The van der Waals surface area contributed by atoms with Crippen molar-refractivity contribution in [2.45, 2.75) is 25.7 Å². The Hall–Kier alpha value is -0.180. The molecule has 1 nitrogen and oxygen atoms in total. The van der Waals surface area contributed by atoms with Gasteiger partial charge >= 0.3 is 0 Å². The molecule has 0 aromatic heterocycles. The predicted molar refractivity (Wildman–Crippen MR) is 34.2 cm³/mol. The molecule has 0 aliphatic carbocycles. The lowest BCUT2D eigenvalue weighted by Crippen LogP contribution is -2.38. The fraction of sp³-hybridized carbons (Fsp3) is 1.00. The van der Waals surface area contributed by atoms with Gasteiger partial charge in [-0.05, 0) is 12.8 Å². The smallest absolute Gasteiger partial charge is 0.273 e. The van der Waals surface area contributed by atoms with Crippen molar-refractivity contribution < 1.29 is 13.5 Å². The van der Waals surface area contributed by atoms with E-state index in [0.717, 1.165) is 0 Å². The second-order valence-electron chi connectivity index (χ2n) is 2.71. The van der Waals surface area contributed by atoms with Crippen LogP contribution in [0.5, 0.6) is 0 Å². The van der Waals surface area contributed by atoms with E-state index in [4.69, 9.17) is 0 Å². The van der Waals surface area contributed by atoms with Gasteiger partial charge in [0.1, 0.15) is 6.61 Å². The number of hydrogen-bond donors (Lipinski definition) is 0. The Morgan fingerprint density at radius 1 is 1.60 bits per heavy atom. The number of halogens is 2. The molecule has 1 atom stereocenters. The van der Waals surface area contributed by atoms with Gasteiger partial charge in [0.15, 0.2) is 0 Å². The summed E-state index contributed by atoms with van der Waals surface area (Å²) in [6.07, 6.45) is 1.06. The number of rotatable bonds is 1. The quantitative estimate of drug-likeness (QED) is 0.556. The van der Waals surface area contributed by atoms with E-state index in [1.54, 1.807) is 6.92 Å². The molecule has 0 spiro atoms. The molecule has 0 unspecified atom stereocenters. The van der Waals surface area contributed by atoms with Crippen LogP contribution >= 0.6 is 0 Å². The third kappa shape index (κ3) is 1.45. The summed E-state index contributed by atoms with van der Waals surface area (Å²) in [7, 11) is 0. The Bertz CT molecular complexity index is 114. The molecule has 0 bridgehead atoms. The van der Waals surface area contributed by atoms with Crippen molar-refractivity contribution in [3.05, 3.63) is 0 Å². The molecule has 0 aromatic rings. The van der Waals surface area contributed by atoms with Gasteiger partial charge < -0.3 is 4.74 Å². The van der Waals surface area contributed by atoms with Gasteiger partial charge in [-0.25, -0.2) is 8.78 Å². The number of ether oxygens (including phenoxy) is 1. The SMILES string of the molecule is CC[C@@H]1CCOCC1(F)F. The van der Waals surface area contributed by atoms with Crippen LogP contribution in [0.15, 0.2) is 0 Å². The Balaban J connectivity index is 2.51. The predicted octanol–water partition coefficient (Wildman–Crippen LogP) is 2.07. The van der Waals surface area contributed by atoms with Gasteiger partial charge in [-0.15, -0.1) is 0 Å². The summed E-state index contributed by atoms with van der Waals surface area (Å²) in [5.41, 5.74) is 0. The Kier molecular flexibility index (Phi) is 2.24. The van der Waals surface area contributed by atoms with Crippen LogP contribution < -0.4 is 0 Å². The van der Waals surface area contributed by atoms with Crippen LogP contribution in [0.1, 0.15) is 19.8 Å². The first-order valence-corrected chi connectivity index (χ1v) is 3.62. The lowest BCUT2D eigenvalue weighted by Gasteiger charge is -2.30. The van der Waals surface area contributed by atoms with Crippen LogP contribution in [-0.2, 0) is 4.74 Å². The molecule has 0 saturated carbocycles. The van der Waals surface area contributed by atoms with E-state index in [-0.39, 0.29) is 6.61 Å². The van der Waals surface area contributed by atoms with E-state index in [2.05, 4.69) is 4.74 Å². The summed E-state index contributed by atoms with van der Waals surface area (Å²) in [4.78, 5) is 0. The molecular formula is C7H12F2O. The maximum absolute atomic E-state index is 12.7. The molecule has 0 amide bonds. The largest absolute Gasteiger partial charge is 0.375 e. The van der Waals surface area contributed by atoms with Crippen molar-refractivity contribution in [2.24, 2.45) is 5.92 Å². The molecule has 0 N–H and O–H groups in total. The molecular weight excluding hydrogens is 138 g/mol. The third-order valence-corrected chi connectivity index (χ3v) is 2.00. The molecule has 1 rings (SSSR count). The van der Waals surface area contributed by atoms with Gasteiger partial charge in [0.25, 0.3) is 5.92 Å².